The molecular weight excluding hydrogens is 307 g/mol. The summed E-state index contributed by atoms with van der Waals surface area (Å²) in [5.74, 6) is 0.214. The summed E-state index contributed by atoms with van der Waals surface area (Å²) < 4.78 is 18.1. The average molecular weight is 334 g/mol. The molecule has 0 radical (unpaired) electrons. The van der Waals surface area contributed by atoms with Gasteiger partial charge in [-0.1, -0.05) is 26.3 Å². The van der Waals surface area contributed by atoms with Gasteiger partial charge in [0.25, 0.3) is 0 Å². The minimum absolute atomic E-state index is 0.136. The third kappa shape index (κ3) is 6.14. The number of carbonyl (C=O) groups is 1. The molecule has 0 aliphatic rings. The summed E-state index contributed by atoms with van der Waals surface area (Å²) in [4.78, 5) is 17.9. The maximum atomic E-state index is 13.4. The summed E-state index contributed by atoms with van der Waals surface area (Å²) in [6.45, 7) is 7.97. The van der Waals surface area contributed by atoms with Crippen LogP contribution in [0.1, 0.15) is 43.7 Å². The van der Waals surface area contributed by atoms with Crippen LogP contribution in [0.3, 0.4) is 0 Å². The first-order chi connectivity index (χ1) is 11.4. The Hall–Kier alpha value is -2.17. The normalized spacial score (nSPS) is 11.3. The zero-order chi connectivity index (χ0) is 18.1. The molecule has 0 heterocycles. The van der Waals surface area contributed by atoms with Crippen LogP contribution < -0.4 is 0 Å². The monoisotopic (exact) mass is 334 g/mol. The van der Waals surface area contributed by atoms with E-state index >= 15 is 0 Å². The second-order valence-electron chi connectivity index (χ2n) is 5.83. The number of likely N-dealkylation sites (N-methyl/N-ethyl adjacent to an activating group) is 1. The first-order valence-corrected chi connectivity index (χ1v) is 8.20. The lowest BCUT2D eigenvalue weighted by molar-refractivity contribution is -0.140. The molecule has 1 rings (SSSR count). The van der Waals surface area contributed by atoms with Crippen molar-refractivity contribution in [3.8, 4) is 0 Å². The zero-order valence-electron chi connectivity index (χ0n) is 15.1. The summed E-state index contributed by atoms with van der Waals surface area (Å²) in [5, 5.41) is 0. The van der Waals surface area contributed by atoms with Crippen molar-refractivity contribution in [2.45, 2.75) is 39.5 Å². The quantitative estimate of drug-likeness (QED) is 0.310. The number of carbonyl (C=O) groups excluding carboxylic acids is 1. The molecule has 0 aliphatic carbocycles. The highest BCUT2D eigenvalue weighted by Gasteiger charge is 2.12. The minimum atomic E-state index is -0.316. The van der Waals surface area contributed by atoms with E-state index in [0.717, 1.165) is 37.1 Å². The Morgan fingerprint density at radius 1 is 1.38 bits per heavy atom. The molecule has 24 heavy (non-hydrogen) atoms. The Labute approximate surface area is 144 Å². The van der Waals surface area contributed by atoms with E-state index in [1.807, 2.05) is 7.05 Å². The van der Waals surface area contributed by atoms with Gasteiger partial charge in [-0.05, 0) is 37.1 Å². The maximum Gasteiger partial charge on any atom is 0.325 e. The zero-order valence-corrected chi connectivity index (χ0v) is 15.1. The van der Waals surface area contributed by atoms with E-state index in [9.17, 15) is 9.18 Å². The lowest BCUT2D eigenvalue weighted by Crippen LogP contribution is -2.32. The second kappa shape index (κ2) is 9.85. The third-order valence-corrected chi connectivity index (χ3v) is 3.79. The van der Waals surface area contributed by atoms with Gasteiger partial charge >= 0.3 is 5.97 Å². The minimum Gasteiger partial charge on any atom is -0.468 e. The molecule has 0 N–H and O–H groups in total. The number of unbranched alkanes of at least 4 members (excludes halogenated alkanes) is 2. The number of benzene rings is 1. The summed E-state index contributed by atoms with van der Waals surface area (Å²) in [5.41, 5.74) is 1.88. The van der Waals surface area contributed by atoms with E-state index in [-0.39, 0.29) is 18.3 Å². The molecule has 0 aromatic heterocycles. The number of esters is 1. The molecule has 1 aromatic carbocycles. The first kappa shape index (κ1) is 19.9. The van der Waals surface area contributed by atoms with Crippen molar-refractivity contribution >= 4 is 17.5 Å². The van der Waals surface area contributed by atoms with Gasteiger partial charge in [-0.25, -0.2) is 9.38 Å². The summed E-state index contributed by atoms with van der Waals surface area (Å²) in [6.07, 6.45) is 3.93. The highest BCUT2D eigenvalue weighted by atomic mass is 19.1. The van der Waals surface area contributed by atoms with Crippen molar-refractivity contribution in [1.82, 2.24) is 4.90 Å². The second-order valence-corrected chi connectivity index (χ2v) is 5.83. The van der Waals surface area contributed by atoms with Crippen molar-refractivity contribution in [3.63, 3.8) is 0 Å². The number of nitrogens with zero attached hydrogens (tertiary/aromatic N) is 2. The molecular formula is C19H27FN2O2. The van der Waals surface area contributed by atoms with Crippen molar-refractivity contribution in [1.29, 1.82) is 0 Å². The highest BCUT2D eigenvalue weighted by molar-refractivity contribution is 5.90. The molecule has 1 aromatic rings. The molecule has 0 saturated carbocycles. The Bertz CT molecular complexity index is 611. The summed E-state index contributed by atoms with van der Waals surface area (Å²) >= 11 is 0. The average Bonchev–Trinajstić information content (AvgIpc) is 2.56. The molecule has 0 fully saturated rings. The molecule has 0 aliphatic heterocycles. The van der Waals surface area contributed by atoms with Gasteiger partial charge in [-0.3, -0.25) is 4.79 Å². The van der Waals surface area contributed by atoms with Gasteiger partial charge in [0.1, 0.15) is 18.2 Å². The molecule has 4 nitrogen and oxygen atoms in total. The van der Waals surface area contributed by atoms with Crippen LogP contribution >= 0.6 is 0 Å². The number of hydrogen-bond donors (Lipinski definition) is 0. The van der Waals surface area contributed by atoms with Gasteiger partial charge in [-0.15, -0.1) is 0 Å². The predicted octanol–water partition coefficient (Wildman–Crippen LogP) is 4.19. The van der Waals surface area contributed by atoms with E-state index < -0.39 is 0 Å². The fourth-order valence-electron chi connectivity index (χ4n) is 2.26. The highest BCUT2D eigenvalue weighted by Crippen LogP contribution is 2.19. The number of halogens is 1. The van der Waals surface area contributed by atoms with Crippen LogP contribution in [-0.2, 0) is 9.53 Å². The molecule has 5 heteroatoms. The van der Waals surface area contributed by atoms with Crippen LogP contribution in [0.15, 0.2) is 29.8 Å². The van der Waals surface area contributed by atoms with Gasteiger partial charge in [0.05, 0.1) is 12.8 Å². The number of ether oxygens (including phenoxy) is 1. The molecule has 0 amide bonds. The Balaban J connectivity index is 2.97. The van der Waals surface area contributed by atoms with Gasteiger partial charge < -0.3 is 9.64 Å². The van der Waals surface area contributed by atoms with Gasteiger partial charge in [-0.2, -0.15) is 0 Å². The predicted molar refractivity (Wildman–Crippen MR) is 96.4 cm³/mol. The van der Waals surface area contributed by atoms with Crippen molar-refractivity contribution in [2.75, 3.05) is 20.7 Å². The molecule has 0 atom stereocenters. The van der Waals surface area contributed by atoms with Crippen molar-refractivity contribution in [2.24, 2.45) is 4.99 Å². The smallest absolute Gasteiger partial charge is 0.325 e. The van der Waals surface area contributed by atoms with E-state index in [0.29, 0.717) is 11.3 Å². The molecule has 0 spiro atoms. The maximum absolute atomic E-state index is 13.4. The Morgan fingerprint density at radius 3 is 2.67 bits per heavy atom. The number of methoxy groups -OCH3 is 1. The van der Waals surface area contributed by atoms with Crippen LogP contribution in [0.25, 0.3) is 5.70 Å². The fraction of sp³-hybridized carbons (Fsp3) is 0.474. The Morgan fingerprint density at radius 2 is 2.08 bits per heavy atom. The van der Waals surface area contributed by atoms with Crippen LogP contribution in [0, 0.1) is 12.7 Å². The first-order valence-electron chi connectivity index (χ1n) is 8.20. The lowest BCUT2D eigenvalue weighted by Gasteiger charge is -2.20. The molecule has 0 unspecified atom stereocenters. The SMILES string of the molecule is C=C(N=C(CCCCC)N(C)CC(=O)OC)c1ccc(F)c(C)c1. The topological polar surface area (TPSA) is 41.9 Å². The largest absolute Gasteiger partial charge is 0.468 e. The van der Waals surface area contributed by atoms with Crippen LogP contribution in [0.5, 0.6) is 0 Å². The van der Waals surface area contributed by atoms with Crippen molar-refractivity contribution in [3.05, 3.63) is 41.7 Å². The number of hydrogen-bond acceptors (Lipinski definition) is 3. The van der Waals surface area contributed by atoms with E-state index in [1.54, 1.807) is 24.0 Å². The van der Waals surface area contributed by atoms with Gasteiger partial charge in [0, 0.05) is 19.0 Å². The van der Waals surface area contributed by atoms with E-state index in [2.05, 4.69) is 18.5 Å². The standard InChI is InChI=1S/C19H27FN2O2/c1-6-7-8-9-18(22(4)13-19(23)24-5)21-15(3)16-10-11-17(20)14(2)12-16/h10-12H,3,6-9,13H2,1-2,4-5H3. The number of rotatable bonds is 8. The number of amidine groups is 1. The fourth-order valence-corrected chi connectivity index (χ4v) is 2.26. The molecule has 132 valence electrons. The lowest BCUT2D eigenvalue weighted by atomic mass is 10.1. The summed E-state index contributed by atoms with van der Waals surface area (Å²) in [6, 6.07) is 4.81. The molecule has 0 bridgehead atoms. The number of aliphatic imine (C=N–C) groups is 1. The van der Waals surface area contributed by atoms with Gasteiger partial charge in [0.2, 0.25) is 0 Å². The van der Waals surface area contributed by atoms with Crippen LogP contribution in [-0.4, -0.2) is 37.4 Å². The summed E-state index contributed by atoms with van der Waals surface area (Å²) in [7, 11) is 3.18. The van der Waals surface area contributed by atoms with Crippen LogP contribution in [0.4, 0.5) is 4.39 Å². The Kier molecular flexibility index (Phi) is 8.16. The van der Waals surface area contributed by atoms with Crippen LogP contribution in [0.2, 0.25) is 0 Å². The van der Waals surface area contributed by atoms with Gasteiger partial charge in [0.15, 0.2) is 0 Å². The molecule has 0 saturated heterocycles. The van der Waals surface area contributed by atoms with Crippen molar-refractivity contribution < 1.29 is 13.9 Å². The number of aryl methyl sites for hydroxylation is 1. The van der Waals surface area contributed by atoms with E-state index in [4.69, 9.17) is 4.74 Å². The van der Waals surface area contributed by atoms with E-state index in [1.165, 1.54) is 13.2 Å². The third-order valence-electron chi connectivity index (χ3n) is 3.79.